The van der Waals surface area contributed by atoms with Crippen molar-refractivity contribution in [3.63, 3.8) is 0 Å². The molecule has 0 aliphatic carbocycles. The number of alkyl halides is 2. The highest BCUT2D eigenvalue weighted by atomic mass is 19.3. The van der Waals surface area contributed by atoms with Crippen LogP contribution in [0.3, 0.4) is 0 Å². The smallest absolute Gasteiger partial charge is 0.279 e. The molecular weight excluding hydrogens is 124 g/mol. The Morgan fingerprint density at radius 3 is 2.56 bits per heavy atom. The van der Waals surface area contributed by atoms with Gasteiger partial charge in [-0.05, 0) is 6.08 Å². The summed E-state index contributed by atoms with van der Waals surface area (Å²) in [6.07, 6.45) is 2.98. The predicted molar refractivity (Wildman–Crippen MR) is 32.1 cm³/mol. The van der Waals surface area contributed by atoms with Crippen molar-refractivity contribution in [2.45, 2.75) is 12.8 Å². The lowest BCUT2D eigenvalue weighted by Crippen LogP contribution is -2.20. The zero-order chi connectivity index (χ0) is 6.91. The van der Waals surface area contributed by atoms with Crippen LogP contribution >= 0.6 is 0 Å². The molecule has 9 heavy (non-hydrogen) atoms. The first-order chi connectivity index (χ1) is 4.11. The maximum atomic E-state index is 12.2. The average Bonchev–Trinajstić information content (AvgIpc) is 2.08. The Kier molecular flexibility index (Phi) is 1.35. The fourth-order valence-electron chi connectivity index (χ4n) is 0.653. The van der Waals surface area contributed by atoms with Gasteiger partial charge in [0.25, 0.3) is 5.92 Å². The van der Waals surface area contributed by atoms with Gasteiger partial charge in [-0.1, -0.05) is 6.08 Å². The van der Waals surface area contributed by atoms with E-state index in [2.05, 4.69) is 4.99 Å². The minimum atomic E-state index is -2.76. The lowest BCUT2D eigenvalue weighted by molar-refractivity contribution is 0.102. The van der Waals surface area contributed by atoms with Crippen molar-refractivity contribution < 1.29 is 8.78 Å². The van der Waals surface area contributed by atoms with Crippen molar-refractivity contribution in [1.29, 1.82) is 0 Å². The molecule has 0 aromatic heterocycles. The van der Waals surface area contributed by atoms with Crippen LogP contribution in [0.4, 0.5) is 8.78 Å². The Labute approximate surface area is 52.1 Å². The zero-order valence-electron chi connectivity index (χ0n) is 5.06. The average molecular weight is 131 g/mol. The van der Waals surface area contributed by atoms with Gasteiger partial charge >= 0.3 is 0 Å². The van der Waals surface area contributed by atoms with Crippen LogP contribution in [0, 0.1) is 0 Å². The van der Waals surface area contributed by atoms with E-state index in [-0.39, 0.29) is 5.71 Å². The molecule has 0 amide bonds. The molecule has 3 heteroatoms. The Morgan fingerprint density at radius 1 is 1.67 bits per heavy atom. The Hall–Kier alpha value is -0.730. The number of nitrogens with zero attached hydrogens (tertiary/aromatic N) is 1. The van der Waals surface area contributed by atoms with Crippen LogP contribution in [0.1, 0.15) is 6.92 Å². The molecule has 1 nitrogen and oxygen atoms in total. The van der Waals surface area contributed by atoms with Gasteiger partial charge in [-0.2, -0.15) is 8.78 Å². The molecule has 0 aromatic rings. The van der Waals surface area contributed by atoms with Crippen LogP contribution in [0.5, 0.6) is 0 Å². The van der Waals surface area contributed by atoms with Crippen LogP contribution < -0.4 is 0 Å². The van der Waals surface area contributed by atoms with E-state index >= 15 is 0 Å². The SMILES string of the molecule is CC(F)(F)C1=NCC=C1. The topological polar surface area (TPSA) is 12.4 Å². The van der Waals surface area contributed by atoms with Gasteiger partial charge in [0.2, 0.25) is 0 Å². The van der Waals surface area contributed by atoms with Gasteiger partial charge in [0.1, 0.15) is 5.71 Å². The molecule has 1 heterocycles. The summed E-state index contributed by atoms with van der Waals surface area (Å²) >= 11 is 0. The molecule has 0 fully saturated rings. The molecule has 1 aliphatic rings. The van der Waals surface area contributed by atoms with E-state index in [0.29, 0.717) is 6.54 Å². The third-order valence-electron chi connectivity index (χ3n) is 1.09. The maximum absolute atomic E-state index is 12.2. The third kappa shape index (κ3) is 1.34. The number of rotatable bonds is 1. The van der Waals surface area contributed by atoms with Crippen molar-refractivity contribution >= 4 is 5.71 Å². The van der Waals surface area contributed by atoms with Crippen LogP contribution in [0.25, 0.3) is 0 Å². The van der Waals surface area contributed by atoms with Gasteiger partial charge in [0.05, 0.1) is 6.54 Å². The monoisotopic (exact) mass is 131 g/mol. The highest BCUT2D eigenvalue weighted by molar-refractivity contribution is 6.01. The lowest BCUT2D eigenvalue weighted by Gasteiger charge is -2.06. The number of allylic oxidation sites excluding steroid dienone is 1. The summed E-state index contributed by atoms with van der Waals surface area (Å²) in [4.78, 5) is 3.56. The van der Waals surface area contributed by atoms with Crippen molar-refractivity contribution in [2.75, 3.05) is 6.54 Å². The largest absolute Gasteiger partial charge is 0.286 e. The lowest BCUT2D eigenvalue weighted by atomic mass is 10.2. The van der Waals surface area contributed by atoms with E-state index in [0.717, 1.165) is 6.92 Å². The van der Waals surface area contributed by atoms with E-state index in [1.165, 1.54) is 6.08 Å². The summed E-state index contributed by atoms with van der Waals surface area (Å²) in [5.41, 5.74) is -0.109. The van der Waals surface area contributed by atoms with Gasteiger partial charge in [0.15, 0.2) is 0 Å². The van der Waals surface area contributed by atoms with E-state index in [1.54, 1.807) is 6.08 Å². The second-order valence-electron chi connectivity index (χ2n) is 2.02. The summed E-state index contributed by atoms with van der Waals surface area (Å²) in [5, 5.41) is 0. The molecule has 0 saturated heterocycles. The number of hydrogen-bond donors (Lipinski definition) is 0. The molecule has 0 spiro atoms. The van der Waals surface area contributed by atoms with E-state index in [4.69, 9.17) is 0 Å². The van der Waals surface area contributed by atoms with Crippen molar-refractivity contribution in [2.24, 2.45) is 4.99 Å². The summed E-state index contributed by atoms with van der Waals surface area (Å²) < 4.78 is 24.5. The number of hydrogen-bond acceptors (Lipinski definition) is 1. The zero-order valence-corrected chi connectivity index (χ0v) is 5.06. The first kappa shape index (κ1) is 6.39. The summed E-state index contributed by atoms with van der Waals surface area (Å²) in [5.74, 6) is -2.76. The fraction of sp³-hybridized carbons (Fsp3) is 0.500. The molecular formula is C6H7F2N. The standard InChI is InChI=1S/C6H7F2N/c1-6(7,8)5-3-2-4-9-5/h2-3H,4H2,1H3. The molecule has 50 valence electrons. The highest BCUT2D eigenvalue weighted by Gasteiger charge is 2.27. The number of aliphatic imine (C=N–C) groups is 1. The molecule has 0 bridgehead atoms. The minimum absolute atomic E-state index is 0.109. The predicted octanol–water partition coefficient (Wildman–Crippen LogP) is 1.65. The Balaban J connectivity index is 2.73. The molecule has 0 aromatic carbocycles. The number of halogens is 2. The van der Waals surface area contributed by atoms with Crippen LogP contribution in [0.15, 0.2) is 17.1 Å². The normalized spacial score (nSPS) is 18.3. The quantitative estimate of drug-likeness (QED) is 0.513. The first-order valence-electron chi connectivity index (χ1n) is 2.70. The first-order valence-corrected chi connectivity index (χ1v) is 2.70. The van der Waals surface area contributed by atoms with Gasteiger partial charge in [-0.15, -0.1) is 0 Å². The van der Waals surface area contributed by atoms with Crippen LogP contribution in [-0.2, 0) is 0 Å². The fourth-order valence-corrected chi connectivity index (χ4v) is 0.653. The highest BCUT2D eigenvalue weighted by Crippen LogP contribution is 2.17. The van der Waals surface area contributed by atoms with E-state index in [9.17, 15) is 8.78 Å². The van der Waals surface area contributed by atoms with Crippen LogP contribution in [-0.4, -0.2) is 18.2 Å². The summed E-state index contributed by atoms with van der Waals surface area (Å²) in [6.45, 7) is 1.25. The van der Waals surface area contributed by atoms with Gasteiger partial charge in [0, 0.05) is 6.92 Å². The molecule has 1 rings (SSSR count). The van der Waals surface area contributed by atoms with Crippen molar-refractivity contribution in [3.8, 4) is 0 Å². The van der Waals surface area contributed by atoms with Crippen LogP contribution in [0.2, 0.25) is 0 Å². The summed E-state index contributed by atoms with van der Waals surface area (Å²) in [6, 6.07) is 0. The van der Waals surface area contributed by atoms with Gasteiger partial charge < -0.3 is 0 Å². The Bertz CT molecular complexity index is 164. The Morgan fingerprint density at radius 2 is 2.33 bits per heavy atom. The van der Waals surface area contributed by atoms with Crippen molar-refractivity contribution in [1.82, 2.24) is 0 Å². The second-order valence-corrected chi connectivity index (χ2v) is 2.02. The summed E-state index contributed by atoms with van der Waals surface area (Å²) in [7, 11) is 0. The van der Waals surface area contributed by atoms with Gasteiger partial charge in [-0.3, -0.25) is 4.99 Å². The minimum Gasteiger partial charge on any atom is -0.279 e. The molecule has 0 radical (unpaired) electrons. The van der Waals surface area contributed by atoms with Crippen molar-refractivity contribution in [3.05, 3.63) is 12.2 Å². The molecule has 0 atom stereocenters. The third-order valence-corrected chi connectivity index (χ3v) is 1.09. The van der Waals surface area contributed by atoms with Gasteiger partial charge in [-0.25, -0.2) is 0 Å². The molecule has 0 saturated carbocycles. The molecule has 1 aliphatic heterocycles. The molecule has 0 N–H and O–H groups in total. The van der Waals surface area contributed by atoms with E-state index < -0.39 is 5.92 Å². The molecule has 0 unspecified atom stereocenters. The van der Waals surface area contributed by atoms with E-state index in [1.807, 2.05) is 0 Å². The maximum Gasteiger partial charge on any atom is 0.286 e. The second kappa shape index (κ2) is 1.90.